The molecule has 5 nitrogen and oxygen atoms in total. The molecule has 0 bridgehead atoms. The van der Waals surface area contributed by atoms with Gasteiger partial charge in [0, 0.05) is 23.2 Å². The zero-order chi connectivity index (χ0) is 28.3. The molecule has 43 heavy (non-hydrogen) atoms. The fraction of sp³-hybridized carbons (Fsp3) is 0. The minimum absolute atomic E-state index is 0.617. The van der Waals surface area contributed by atoms with E-state index in [1.54, 1.807) is 12.4 Å². The van der Waals surface area contributed by atoms with E-state index in [2.05, 4.69) is 106 Å². The molecular formula is C38H23N3O2. The van der Waals surface area contributed by atoms with Crippen LogP contribution in [0, 0.1) is 0 Å². The molecule has 0 radical (unpaired) electrons. The van der Waals surface area contributed by atoms with Crippen LogP contribution < -0.4 is 4.90 Å². The Bertz CT molecular complexity index is 2360. The normalized spacial score (nSPS) is 11.7. The van der Waals surface area contributed by atoms with Crippen molar-refractivity contribution in [2.24, 2.45) is 0 Å². The summed E-state index contributed by atoms with van der Waals surface area (Å²) in [4.78, 5) is 11.2. The van der Waals surface area contributed by atoms with Crippen molar-refractivity contribution in [2.45, 2.75) is 0 Å². The Morgan fingerprint density at radius 1 is 0.488 bits per heavy atom. The smallest absolute Gasteiger partial charge is 0.227 e. The Hall–Kier alpha value is -5.94. The summed E-state index contributed by atoms with van der Waals surface area (Å²) in [5.74, 6) is 0. The Morgan fingerprint density at radius 3 is 2.09 bits per heavy atom. The Kier molecular flexibility index (Phi) is 5.13. The second-order valence-corrected chi connectivity index (χ2v) is 10.7. The fourth-order valence-corrected chi connectivity index (χ4v) is 6.34. The zero-order valence-electron chi connectivity index (χ0n) is 22.9. The van der Waals surface area contributed by atoms with Gasteiger partial charge in [0.1, 0.15) is 11.2 Å². The summed E-state index contributed by atoms with van der Waals surface area (Å²) in [5, 5.41) is 6.30. The number of benzene rings is 5. The number of anilines is 3. The lowest BCUT2D eigenvalue weighted by Gasteiger charge is -2.29. The van der Waals surface area contributed by atoms with Crippen molar-refractivity contribution in [3.8, 4) is 11.1 Å². The lowest BCUT2D eigenvalue weighted by molar-refractivity contribution is 0.654. The molecule has 0 aliphatic carbocycles. The molecule has 0 amide bonds. The number of aromatic nitrogens is 2. The van der Waals surface area contributed by atoms with Crippen LogP contribution in [-0.4, -0.2) is 9.97 Å². The lowest BCUT2D eigenvalue weighted by Crippen LogP contribution is -2.11. The Morgan fingerprint density at radius 2 is 1.23 bits per heavy atom. The maximum Gasteiger partial charge on any atom is 0.227 e. The van der Waals surface area contributed by atoms with Gasteiger partial charge in [-0.1, -0.05) is 66.7 Å². The Labute approximate surface area is 246 Å². The molecule has 9 rings (SSSR count). The highest BCUT2D eigenvalue weighted by Crippen LogP contribution is 2.49. The first-order valence-electron chi connectivity index (χ1n) is 14.2. The quantitative estimate of drug-likeness (QED) is 0.217. The van der Waals surface area contributed by atoms with Gasteiger partial charge >= 0.3 is 0 Å². The van der Waals surface area contributed by atoms with Crippen LogP contribution in [0.3, 0.4) is 0 Å². The average molecular weight is 554 g/mol. The van der Waals surface area contributed by atoms with E-state index in [9.17, 15) is 0 Å². The van der Waals surface area contributed by atoms with Crippen LogP contribution in [0.2, 0.25) is 0 Å². The first kappa shape index (κ1) is 23.7. The monoisotopic (exact) mass is 553 g/mol. The summed E-state index contributed by atoms with van der Waals surface area (Å²) >= 11 is 0. The predicted molar refractivity (Wildman–Crippen MR) is 174 cm³/mol. The molecule has 0 aliphatic rings. The standard InChI is InChI=1S/C38H23N3O2/c1-2-9-24(10-3-1)26-21-25-11-4-5-12-27(25)32(22-26)41(30-14-6-16-33-36(30)28-18-20-39-23-35(28)42-33)31-15-7-17-34-37(31)29-13-8-19-40-38(29)43-34/h1-23H. The molecule has 0 unspecified atom stereocenters. The van der Waals surface area contributed by atoms with Gasteiger partial charge in [0.05, 0.1) is 39.4 Å². The van der Waals surface area contributed by atoms with Crippen LogP contribution in [-0.2, 0) is 0 Å². The van der Waals surface area contributed by atoms with Crippen LogP contribution in [0.5, 0.6) is 0 Å². The van der Waals surface area contributed by atoms with E-state index in [0.29, 0.717) is 5.71 Å². The van der Waals surface area contributed by atoms with E-state index in [0.717, 1.165) is 77.3 Å². The zero-order valence-corrected chi connectivity index (χ0v) is 22.9. The summed E-state index contributed by atoms with van der Waals surface area (Å²) in [5.41, 5.74) is 8.31. The molecule has 0 atom stereocenters. The molecule has 0 saturated heterocycles. The molecule has 4 aromatic heterocycles. The summed E-state index contributed by atoms with van der Waals surface area (Å²) in [6, 6.07) is 42.2. The average Bonchev–Trinajstić information content (AvgIpc) is 3.64. The Balaban J connectivity index is 1.46. The highest BCUT2D eigenvalue weighted by molar-refractivity contribution is 6.19. The van der Waals surface area contributed by atoms with Crippen molar-refractivity contribution in [1.29, 1.82) is 0 Å². The van der Waals surface area contributed by atoms with Crippen LogP contribution in [0.25, 0.3) is 65.9 Å². The van der Waals surface area contributed by atoms with Gasteiger partial charge in [-0.15, -0.1) is 0 Å². The van der Waals surface area contributed by atoms with Crippen molar-refractivity contribution >= 4 is 71.8 Å². The molecule has 0 N–H and O–H groups in total. The number of hydrogen-bond donors (Lipinski definition) is 0. The summed E-state index contributed by atoms with van der Waals surface area (Å²) in [7, 11) is 0. The van der Waals surface area contributed by atoms with E-state index >= 15 is 0 Å². The summed E-state index contributed by atoms with van der Waals surface area (Å²) in [6.45, 7) is 0. The van der Waals surface area contributed by atoms with E-state index in [1.807, 2.05) is 36.5 Å². The van der Waals surface area contributed by atoms with E-state index < -0.39 is 0 Å². The molecular weight excluding hydrogens is 530 g/mol. The third kappa shape index (κ3) is 3.65. The van der Waals surface area contributed by atoms with Crippen molar-refractivity contribution in [1.82, 2.24) is 9.97 Å². The third-order valence-electron chi connectivity index (χ3n) is 8.20. The maximum absolute atomic E-state index is 6.32. The molecule has 0 spiro atoms. The second-order valence-electron chi connectivity index (χ2n) is 10.7. The molecule has 0 aliphatic heterocycles. The van der Waals surface area contributed by atoms with Crippen molar-refractivity contribution in [3.05, 3.63) is 140 Å². The van der Waals surface area contributed by atoms with Crippen LogP contribution in [0.1, 0.15) is 0 Å². The number of fused-ring (bicyclic) bond motifs is 7. The van der Waals surface area contributed by atoms with Gasteiger partial charge < -0.3 is 13.7 Å². The molecule has 202 valence electrons. The fourth-order valence-electron chi connectivity index (χ4n) is 6.34. The third-order valence-corrected chi connectivity index (χ3v) is 8.20. The largest absolute Gasteiger partial charge is 0.454 e. The van der Waals surface area contributed by atoms with Gasteiger partial charge in [0.25, 0.3) is 0 Å². The first-order chi connectivity index (χ1) is 21.3. The van der Waals surface area contributed by atoms with E-state index in [1.165, 1.54) is 0 Å². The minimum atomic E-state index is 0.617. The van der Waals surface area contributed by atoms with Gasteiger partial charge in [-0.2, -0.15) is 0 Å². The SMILES string of the molecule is c1ccc(-c2cc(N(c3cccc4oc5cnccc5c34)c3cccc4oc5ncccc5c34)c3ccccc3c2)cc1. The van der Waals surface area contributed by atoms with Gasteiger partial charge in [0.15, 0.2) is 5.58 Å². The number of nitrogens with zero attached hydrogens (tertiary/aromatic N) is 3. The van der Waals surface area contributed by atoms with Crippen LogP contribution in [0.4, 0.5) is 17.1 Å². The lowest BCUT2D eigenvalue weighted by atomic mass is 9.97. The number of furan rings is 2. The number of rotatable bonds is 4. The maximum atomic E-state index is 6.32. The summed E-state index contributed by atoms with van der Waals surface area (Å²) in [6.07, 6.45) is 5.37. The molecule has 9 aromatic rings. The molecule has 4 heterocycles. The predicted octanol–water partition coefficient (Wildman–Crippen LogP) is 10.6. The number of pyridine rings is 2. The van der Waals surface area contributed by atoms with Gasteiger partial charge in [-0.3, -0.25) is 4.98 Å². The van der Waals surface area contributed by atoms with Gasteiger partial charge in [0.2, 0.25) is 5.71 Å². The topological polar surface area (TPSA) is 55.3 Å². The molecule has 0 saturated carbocycles. The van der Waals surface area contributed by atoms with Crippen molar-refractivity contribution < 1.29 is 8.83 Å². The van der Waals surface area contributed by atoms with E-state index in [-0.39, 0.29) is 0 Å². The highest BCUT2D eigenvalue weighted by atomic mass is 16.3. The number of hydrogen-bond acceptors (Lipinski definition) is 5. The van der Waals surface area contributed by atoms with Crippen molar-refractivity contribution in [3.63, 3.8) is 0 Å². The molecule has 5 heteroatoms. The van der Waals surface area contributed by atoms with E-state index in [4.69, 9.17) is 8.83 Å². The van der Waals surface area contributed by atoms with Crippen LogP contribution >= 0.6 is 0 Å². The molecule has 0 fully saturated rings. The molecule has 5 aromatic carbocycles. The van der Waals surface area contributed by atoms with Gasteiger partial charge in [-0.05, 0) is 71.1 Å². The van der Waals surface area contributed by atoms with Crippen molar-refractivity contribution in [2.75, 3.05) is 4.90 Å². The first-order valence-corrected chi connectivity index (χ1v) is 14.2. The van der Waals surface area contributed by atoms with Crippen LogP contribution in [0.15, 0.2) is 149 Å². The minimum Gasteiger partial charge on any atom is -0.454 e. The highest BCUT2D eigenvalue weighted by Gasteiger charge is 2.25. The summed E-state index contributed by atoms with van der Waals surface area (Å²) < 4.78 is 12.6. The van der Waals surface area contributed by atoms with Gasteiger partial charge in [-0.25, -0.2) is 4.98 Å². The second kappa shape index (κ2) is 9.29.